The van der Waals surface area contributed by atoms with Crippen LogP contribution >= 0.6 is 0 Å². The van der Waals surface area contributed by atoms with Crippen molar-refractivity contribution in [2.24, 2.45) is 0 Å². The molecule has 1 aliphatic rings. The van der Waals surface area contributed by atoms with Crippen molar-refractivity contribution in [3.05, 3.63) is 115 Å². The van der Waals surface area contributed by atoms with Crippen molar-refractivity contribution in [3.63, 3.8) is 0 Å². The molecule has 3 aromatic heterocycles. The van der Waals surface area contributed by atoms with E-state index in [-0.39, 0.29) is 25.8 Å². The van der Waals surface area contributed by atoms with Crippen molar-refractivity contribution < 1.29 is 30.0 Å². The summed E-state index contributed by atoms with van der Waals surface area (Å²) in [7, 11) is 4.21. The summed E-state index contributed by atoms with van der Waals surface area (Å²) in [5, 5.41) is 8.67. The second-order valence-electron chi connectivity index (χ2n) is 8.38. The standard InChI is InChI=1S/C19H16N3.C11H8N2O2.Ir/c1-21-16-10-3-4-11-17(16)22(2)19-14(8-7-12-18(19)21)15-9-5-6-13-20-15;14-11(15)10-2-1-9(7-13-10)8-3-5-12-6-4-8;/h3-7,9-13H,1-2H3;1-7H,(H,14,15);/q-1;;. The number of carboxylic acids is 1. The van der Waals surface area contributed by atoms with Gasteiger partial charge >= 0.3 is 5.97 Å². The van der Waals surface area contributed by atoms with E-state index in [1.165, 1.54) is 23.1 Å². The largest absolute Gasteiger partial charge is 0.477 e. The first-order valence-electron chi connectivity index (χ1n) is 11.7. The van der Waals surface area contributed by atoms with Gasteiger partial charge in [0.1, 0.15) is 5.69 Å². The van der Waals surface area contributed by atoms with E-state index in [1.54, 1.807) is 24.7 Å². The van der Waals surface area contributed by atoms with Crippen LogP contribution in [0, 0.1) is 6.07 Å². The van der Waals surface area contributed by atoms with Crippen LogP contribution in [0.4, 0.5) is 22.7 Å². The van der Waals surface area contributed by atoms with Crippen molar-refractivity contribution in [3.8, 4) is 22.4 Å². The number of hydrogen-bond donors (Lipinski definition) is 1. The number of aromatic carboxylic acids is 1. The first kappa shape index (κ1) is 26.7. The number of anilines is 4. The Morgan fingerprint density at radius 1 is 0.763 bits per heavy atom. The number of carbonyl (C=O) groups is 1. The van der Waals surface area contributed by atoms with Gasteiger partial charge in [-0.15, -0.1) is 18.2 Å². The number of aromatic nitrogens is 3. The maximum atomic E-state index is 10.6. The topological polar surface area (TPSA) is 82.5 Å². The molecule has 6 rings (SSSR count). The second kappa shape index (κ2) is 11.8. The van der Waals surface area contributed by atoms with Crippen molar-refractivity contribution in [2.45, 2.75) is 0 Å². The Labute approximate surface area is 234 Å². The summed E-state index contributed by atoms with van der Waals surface area (Å²) in [4.78, 5) is 27.3. The maximum absolute atomic E-state index is 10.6. The minimum absolute atomic E-state index is 0. The molecule has 4 heterocycles. The normalized spacial score (nSPS) is 11.3. The Morgan fingerprint density at radius 2 is 1.47 bits per heavy atom. The van der Waals surface area contributed by atoms with Crippen molar-refractivity contribution >= 4 is 28.7 Å². The van der Waals surface area contributed by atoms with E-state index in [0.717, 1.165) is 28.1 Å². The van der Waals surface area contributed by atoms with Crippen LogP contribution in [-0.2, 0) is 20.1 Å². The summed E-state index contributed by atoms with van der Waals surface area (Å²) in [5.41, 5.74) is 8.57. The van der Waals surface area contributed by atoms with Gasteiger partial charge in [-0.3, -0.25) is 4.98 Å². The van der Waals surface area contributed by atoms with Gasteiger partial charge in [-0.2, -0.15) is 0 Å². The third-order valence-electron chi connectivity index (χ3n) is 6.17. The van der Waals surface area contributed by atoms with Gasteiger partial charge in [0, 0.05) is 64.6 Å². The van der Waals surface area contributed by atoms with E-state index in [9.17, 15) is 4.79 Å². The Balaban J connectivity index is 0.000000185. The SMILES string of the molecule is CN1c2ccccc2N(C)c2c(-c3ccccn3)[c-]ccc21.O=C(O)c1ccc(-c2ccncc2)cn1.[Ir]. The molecule has 1 radical (unpaired) electrons. The Bertz CT molecular complexity index is 1530. The summed E-state index contributed by atoms with van der Waals surface area (Å²) in [5.74, 6) is -1.02. The minimum atomic E-state index is -1.02. The fourth-order valence-electron chi connectivity index (χ4n) is 4.31. The maximum Gasteiger partial charge on any atom is 0.354 e. The van der Waals surface area contributed by atoms with Gasteiger partial charge in [0.25, 0.3) is 0 Å². The zero-order valence-corrected chi connectivity index (χ0v) is 23.1. The molecule has 191 valence electrons. The molecule has 0 aliphatic carbocycles. The van der Waals surface area contributed by atoms with Crippen LogP contribution in [0.2, 0.25) is 0 Å². The second-order valence-corrected chi connectivity index (χ2v) is 8.38. The van der Waals surface area contributed by atoms with E-state index >= 15 is 0 Å². The molecule has 0 saturated carbocycles. The van der Waals surface area contributed by atoms with Gasteiger partial charge in [-0.1, -0.05) is 35.9 Å². The van der Waals surface area contributed by atoms with Crippen molar-refractivity contribution in [1.82, 2.24) is 15.0 Å². The monoisotopic (exact) mass is 679 g/mol. The fourth-order valence-corrected chi connectivity index (χ4v) is 4.31. The van der Waals surface area contributed by atoms with Crippen LogP contribution in [0.1, 0.15) is 10.5 Å². The molecular formula is C30H24IrN5O2-. The predicted molar refractivity (Wildman–Crippen MR) is 146 cm³/mol. The number of pyridine rings is 3. The molecule has 0 bridgehead atoms. The van der Waals surface area contributed by atoms with E-state index < -0.39 is 5.97 Å². The van der Waals surface area contributed by atoms with Crippen LogP contribution in [0.25, 0.3) is 22.4 Å². The number of hydrogen-bond acceptors (Lipinski definition) is 6. The molecule has 0 saturated heterocycles. The fraction of sp³-hybridized carbons (Fsp3) is 0.0667. The number of rotatable bonds is 3. The van der Waals surface area contributed by atoms with Gasteiger partial charge in [0.05, 0.1) is 11.4 Å². The summed E-state index contributed by atoms with van der Waals surface area (Å²) in [6, 6.07) is 28.7. The average Bonchev–Trinajstić information content (AvgIpc) is 2.97. The Morgan fingerprint density at radius 3 is 2.11 bits per heavy atom. The molecule has 2 aromatic carbocycles. The van der Waals surface area contributed by atoms with Crippen LogP contribution in [0.3, 0.4) is 0 Å². The number of para-hydroxylation sites is 2. The van der Waals surface area contributed by atoms with Crippen molar-refractivity contribution in [2.75, 3.05) is 23.9 Å². The van der Waals surface area contributed by atoms with Crippen LogP contribution in [-0.4, -0.2) is 40.1 Å². The van der Waals surface area contributed by atoms with Crippen molar-refractivity contribution in [1.29, 1.82) is 0 Å². The number of benzene rings is 2. The van der Waals surface area contributed by atoms with Gasteiger partial charge < -0.3 is 19.9 Å². The predicted octanol–water partition coefficient (Wildman–Crippen LogP) is 6.24. The van der Waals surface area contributed by atoms with Crippen LogP contribution in [0.15, 0.2) is 104 Å². The summed E-state index contributed by atoms with van der Waals surface area (Å²) >= 11 is 0. The van der Waals surface area contributed by atoms with Gasteiger partial charge in [0.2, 0.25) is 0 Å². The zero-order chi connectivity index (χ0) is 25.8. The molecule has 0 spiro atoms. The molecule has 0 fully saturated rings. The Hall–Kier alpha value is -4.39. The van der Waals surface area contributed by atoms with Gasteiger partial charge in [-0.25, -0.2) is 9.78 Å². The van der Waals surface area contributed by atoms with E-state index in [0.29, 0.717) is 0 Å². The molecule has 5 aromatic rings. The van der Waals surface area contributed by atoms with Crippen LogP contribution in [0.5, 0.6) is 0 Å². The third-order valence-corrected chi connectivity index (χ3v) is 6.17. The van der Waals surface area contributed by atoms with Crippen LogP contribution < -0.4 is 9.80 Å². The molecular weight excluding hydrogens is 655 g/mol. The molecule has 38 heavy (non-hydrogen) atoms. The van der Waals surface area contributed by atoms with Gasteiger partial charge in [-0.05, 0) is 59.0 Å². The summed E-state index contributed by atoms with van der Waals surface area (Å²) in [6.07, 6.45) is 6.72. The molecule has 7 nitrogen and oxygen atoms in total. The van der Waals surface area contributed by atoms with E-state index in [4.69, 9.17) is 5.11 Å². The first-order valence-corrected chi connectivity index (χ1v) is 11.7. The molecule has 0 atom stereocenters. The summed E-state index contributed by atoms with van der Waals surface area (Å²) < 4.78 is 0. The van der Waals surface area contributed by atoms with E-state index in [2.05, 4.69) is 75.2 Å². The minimum Gasteiger partial charge on any atom is -0.477 e. The molecule has 8 heteroatoms. The third kappa shape index (κ3) is 5.32. The number of carboxylic acid groups (broad SMARTS) is 1. The molecule has 1 aliphatic heterocycles. The van der Waals surface area contributed by atoms with Gasteiger partial charge in [0.15, 0.2) is 0 Å². The summed E-state index contributed by atoms with van der Waals surface area (Å²) in [6.45, 7) is 0. The quantitative estimate of drug-likeness (QED) is 0.227. The number of fused-ring (bicyclic) bond motifs is 2. The molecule has 1 N–H and O–H groups in total. The average molecular weight is 679 g/mol. The Kier molecular flexibility index (Phi) is 8.26. The van der Waals surface area contributed by atoms with E-state index in [1.807, 2.05) is 42.6 Å². The molecule has 0 unspecified atom stereocenters. The first-order chi connectivity index (χ1) is 18.0. The molecule has 0 amide bonds. The zero-order valence-electron chi connectivity index (χ0n) is 20.7. The smallest absolute Gasteiger partial charge is 0.354 e. The number of nitrogens with zero attached hydrogens (tertiary/aromatic N) is 5.